The van der Waals surface area contributed by atoms with Crippen LogP contribution in [0.25, 0.3) is 0 Å². The van der Waals surface area contributed by atoms with Gasteiger partial charge >= 0.3 is 0 Å². The highest BCUT2D eigenvalue weighted by Gasteiger charge is 2.12. The average Bonchev–Trinajstić information content (AvgIpc) is 2.61. The zero-order valence-electron chi connectivity index (χ0n) is 9.62. The molecule has 0 aliphatic heterocycles. The molecule has 0 aliphatic carbocycles. The van der Waals surface area contributed by atoms with Crippen LogP contribution in [0.3, 0.4) is 0 Å². The molecule has 80 valence electrons. The Hall–Kier alpha value is -0.830. The van der Waals surface area contributed by atoms with Gasteiger partial charge in [-0.25, -0.2) is 4.98 Å². The van der Waals surface area contributed by atoms with Gasteiger partial charge in [0.15, 0.2) is 0 Å². The molecule has 0 amide bonds. The van der Waals surface area contributed by atoms with Crippen LogP contribution in [-0.4, -0.2) is 16.1 Å². The fraction of sp³-hybridized carbons (Fsp3) is 0.727. The van der Waals surface area contributed by atoms with E-state index in [4.69, 9.17) is 0 Å². The van der Waals surface area contributed by atoms with Crippen molar-refractivity contribution in [2.24, 2.45) is 5.92 Å². The maximum atomic E-state index is 4.20. The summed E-state index contributed by atoms with van der Waals surface area (Å²) >= 11 is 0. The molecule has 0 saturated carbocycles. The first-order chi connectivity index (χ1) is 6.66. The highest BCUT2D eigenvalue weighted by molar-refractivity contribution is 5.00. The summed E-state index contributed by atoms with van der Waals surface area (Å²) in [6.07, 6.45) is 3.87. The maximum Gasteiger partial charge on any atom is 0.0951 e. The summed E-state index contributed by atoms with van der Waals surface area (Å²) in [5.74, 6) is 0.643. The lowest BCUT2D eigenvalue weighted by atomic mass is 10.1. The van der Waals surface area contributed by atoms with Crippen LogP contribution in [0.2, 0.25) is 0 Å². The lowest BCUT2D eigenvalue weighted by Crippen LogP contribution is -2.19. The van der Waals surface area contributed by atoms with Crippen LogP contribution in [0.5, 0.6) is 0 Å². The van der Waals surface area contributed by atoms with Gasteiger partial charge in [-0.3, -0.25) is 0 Å². The fourth-order valence-corrected chi connectivity index (χ4v) is 1.41. The first kappa shape index (κ1) is 11.2. The van der Waals surface area contributed by atoms with Crippen LogP contribution >= 0.6 is 0 Å². The summed E-state index contributed by atoms with van der Waals surface area (Å²) in [6, 6.07) is 0.520. The van der Waals surface area contributed by atoms with E-state index in [2.05, 4.69) is 42.6 Å². The molecule has 1 N–H and O–H groups in total. The highest BCUT2D eigenvalue weighted by atomic mass is 15.1. The third kappa shape index (κ3) is 2.58. The van der Waals surface area contributed by atoms with E-state index >= 15 is 0 Å². The lowest BCUT2D eigenvalue weighted by molar-refractivity contribution is 0.395. The quantitative estimate of drug-likeness (QED) is 0.780. The standard InChI is InChI=1S/C11H21N3/c1-5-12-6-11-7-13-8-14(11)10(4)9(2)3/h7-10,12H,5-6H2,1-4H3. The van der Waals surface area contributed by atoms with Gasteiger partial charge < -0.3 is 9.88 Å². The molecule has 1 aromatic heterocycles. The molecular weight excluding hydrogens is 174 g/mol. The van der Waals surface area contributed by atoms with Crippen molar-refractivity contribution < 1.29 is 0 Å². The third-order valence-corrected chi connectivity index (χ3v) is 2.71. The molecular formula is C11H21N3. The molecule has 3 nitrogen and oxygen atoms in total. The largest absolute Gasteiger partial charge is 0.330 e. The van der Waals surface area contributed by atoms with Crippen LogP contribution in [-0.2, 0) is 6.54 Å². The summed E-state index contributed by atoms with van der Waals surface area (Å²) in [5.41, 5.74) is 1.27. The minimum absolute atomic E-state index is 0.520. The predicted molar refractivity (Wildman–Crippen MR) is 59.2 cm³/mol. The summed E-state index contributed by atoms with van der Waals surface area (Å²) in [6.45, 7) is 10.7. The van der Waals surface area contributed by atoms with Gasteiger partial charge in [0.1, 0.15) is 0 Å². The van der Waals surface area contributed by atoms with Crippen molar-refractivity contribution >= 4 is 0 Å². The molecule has 0 spiro atoms. The Bertz CT molecular complexity index is 265. The second kappa shape index (κ2) is 5.15. The average molecular weight is 195 g/mol. The van der Waals surface area contributed by atoms with E-state index in [1.165, 1.54) is 5.69 Å². The predicted octanol–water partition coefficient (Wildman–Crippen LogP) is 2.21. The van der Waals surface area contributed by atoms with E-state index in [1.807, 2.05) is 12.5 Å². The molecule has 3 heteroatoms. The van der Waals surface area contributed by atoms with E-state index < -0.39 is 0 Å². The van der Waals surface area contributed by atoms with Gasteiger partial charge in [0.05, 0.1) is 12.0 Å². The van der Waals surface area contributed by atoms with Gasteiger partial charge in [0.25, 0.3) is 0 Å². The van der Waals surface area contributed by atoms with E-state index in [-0.39, 0.29) is 0 Å². The van der Waals surface area contributed by atoms with Crippen molar-refractivity contribution in [3.05, 3.63) is 18.2 Å². The van der Waals surface area contributed by atoms with Crippen LogP contribution in [0.4, 0.5) is 0 Å². The fourth-order valence-electron chi connectivity index (χ4n) is 1.41. The Labute approximate surface area is 86.5 Å². The van der Waals surface area contributed by atoms with Gasteiger partial charge in [0.2, 0.25) is 0 Å². The van der Waals surface area contributed by atoms with Gasteiger partial charge in [-0.1, -0.05) is 20.8 Å². The second-order valence-corrected chi connectivity index (χ2v) is 4.06. The third-order valence-electron chi connectivity index (χ3n) is 2.71. The first-order valence-corrected chi connectivity index (χ1v) is 5.38. The SMILES string of the molecule is CCNCc1cncn1C(C)C(C)C. The molecule has 0 saturated heterocycles. The zero-order valence-corrected chi connectivity index (χ0v) is 9.62. The Kier molecular flexibility index (Phi) is 4.14. The first-order valence-electron chi connectivity index (χ1n) is 5.38. The van der Waals surface area contributed by atoms with E-state index in [0.29, 0.717) is 12.0 Å². The van der Waals surface area contributed by atoms with Crippen molar-refractivity contribution in [3.8, 4) is 0 Å². The van der Waals surface area contributed by atoms with Crippen LogP contribution in [0.1, 0.15) is 39.4 Å². The van der Waals surface area contributed by atoms with Crippen molar-refractivity contribution in [2.45, 2.75) is 40.3 Å². The molecule has 1 heterocycles. The van der Waals surface area contributed by atoms with E-state index in [9.17, 15) is 0 Å². The van der Waals surface area contributed by atoms with Crippen molar-refractivity contribution in [1.29, 1.82) is 0 Å². The zero-order chi connectivity index (χ0) is 10.6. The number of nitrogens with one attached hydrogen (secondary N) is 1. The smallest absolute Gasteiger partial charge is 0.0951 e. The number of imidazole rings is 1. The van der Waals surface area contributed by atoms with Gasteiger partial charge in [-0.05, 0) is 19.4 Å². The Balaban J connectivity index is 2.71. The number of rotatable bonds is 5. The molecule has 0 aromatic carbocycles. The van der Waals surface area contributed by atoms with Crippen molar-refractivity contribution in [3.63, 3.8) is 0 Å². The molecule has 0 bridgehead atoms. The number of nitrogens with zero attached hydrogens (tertiary/aromatic N) is 2. The molecule has 14 heavy (non-hydrogen) atoms. The van der Waals surface area contributed by atoms with Gasteiger partial charge in [-0.2, -0.15) is 0 Å². The minimum Gasteiger partial charge on any atom is -0.330 e. The molecule has 0 radical (unpaired) electrons. The number of aromatic nitrogens is 2. The Morgan fingerprint density at radius 3 is 2.71 bits per heavy atom. The molecule has 1 unspecified atom stereocenters. The van der Waals surface area contributed by atoms with E-state index in [0.717, 1.165) is 13.1 Å². The molecule has 1 rings (SSSR count). The minimum atomic E-state index is 0.520. The Morgan fingerprint density at radius 1 is 1.43 bits per heavy atom. The molecule has 1 atom stereocenters. The van der Waals surface area contributed by atoms with Gasteiger partial charge in [-0.15, -0.1) is 0 Å². The normalized spacial score (nSPS) is 13.5. The summed E-state index contributed by atoms with van der Waals surface area (Å²) in [4.78, 5) is 4.20. The molecule has 0 fully saturated rings. The summed E-state index contributed by atoms with van der Waals surface area (Å²) in [5, 5.41) is 3.32. The monoisotopic (exact) mass is 195 g/mol. The van der Waals surface area contributed by atoms with Crippen LogP contribution in [0, 0.1) is 5.92 Å². The van der Waals surface area contributed by atoms with E-state index in [1.54, 1.807) is 0 Å². The second-order valence-electron chi connectivity index (χ2n) is 4.06. The number of hydrogen-bond donors (Lipinski definition) is 1. The van der Waals surface area contributed by atoms with Crippen molar-refractivity contribution in [2.75, 3.05) is 6.54 Å². The van der Waals surface area contributed by atoms with Crippen molar-refractivity contribution in [1.82, 2.24) is 14.9 Å². The lowest BCUT2D eigenvalue weighted by Gasteiger charge is -2.20. The number of hydrogen-bond acceptors (Lipinski definition) is 2. The Morgan fingerprint density at radius 2 is 2.14 bits per heavy atom. The molecule has 1 aromatic rings. The van der Waals surface area contributed by atoms with Crippen LogP contribution < -0.4 is 5.32 Å². The maximum absolute atomic E-state index is 4.20. The topological polar surface area (TPSA) is 29.9 Å². The highest BCUT2D eigenvalue weighted by Crippen LogP contribution is 2.18. The molecule has 0 aliphatic rings. The summed E-state index contributed by atoms with van der Waals surface area (Å²) in [7, 11) is 0. The summed E-state index contributed by atoms with van der Waals surface area (Å²) < 4.78 is 2.26. The van der Waals surface area contributed by atoms with Crippen LogP contribution in [0.15, 0.2) is 12.5 Å². The van der Waals surface area contributed by atoms with Gasteiger partial charge in [0, 0.05) is 18.8 Å².